The molecule has 0 aliphatic heterocycles. The molecule has 0 aliphatic carbocycles. The molecule has 5 heteroatoms. The Morgan fingerprint density at radius 3 is 2.67 bits per heavy atom. The van der Waals surface area contributed by atoms with Crippen LogP contribution in [0.4, 0.5) is 4.79 Å². The van der Waals surface area contributed by atoms with Crippen molar-refractivity contribution in [1.29, 1.82) is 0 Å². The topological polar surface area (TPSA) is 51.2 Å². The van der Waals surface area contributed by atoms with E-state index in [1.165, 1.54) is 6.20 Å². The standard InChI is InChI=1S/C10H13IN2O2/c1-10(2,3)13-9(14)15-8-4-7(11)5-12-6-8/h4-6H,1-3H3,(H,13,14). The fourth-order valence-corrected chi connectivity index (χ4v) is 1.35. The molecule has 4 nitrogen and oxygen atoms in total. The lowest BCUT2D eigenvalue weighted by Crippen LogP contribution is -2.42. The zero-order chi connectivity index (χ0) is 11.5. The smallest absolute Gasteiger partial charge is 0.409 e. The normalized spacial score (nSPS) is 10.9. The summed E-state index contributed by atoms with van der Waals surface area (Å²) in [5, 5.41) is 2.70. The lowest BCUT2D eigenvalue weighted by Gasteiger charge is -2.19. The number of aromatic nitrogens is 1. The van der Waals surface area contributed by atoms with Crippen LogP contribution in [0, 0.1) is 3.57 Å². The van der Waals surface area contributed by atoms with Gasteiger partial charge in [-0.25, -0.2) is 4.79 Å². The van der Waals surface area contributed by atoms with Crippen LogP contribution in [0.25, 0.3) is 0 Å². The summed E-state index contributed by atoms with van der Waals surface area (Å²) in [6.45, 7) is 5.67. The first-order chi connectivity index (χ1) is 6.87. The fourth-order valence-electron chi connectivity index (χ4n) is 0.887. The van der Waals surface area contributed by atoms with Gasteiger partial charge in [-0.1, -0.05) is 0 Å². The van der Waals surface area contributed by atoms with Gasteiger partial charge in [0.05, 0.1) is 6.20 Å². The first kappa shape index (κ1) is 12.2. The predicted molar refractivity (Wildman–Crippen MR) is 65.9 cm³/mol. The van der Waals surface area contributed by atoms with Gasteiger partial charge in [0.2, 0.25) is 0 Å². The molecule has 15 heavy (non-hydrogen) atoms. The summed E-state index contributed by atoms with van der Waals surface area (Å²) in [5.74, 6) is 0.448. The van der Waals surface area contributed by atoms with Gasteiger partial charge in [0, 0.05) is 15.3 Å². The van der Waals surface area contributed by atoms with E-state index in [2.05, 4.69) is 32.9 Å². The van der Waals surface area contributed by atoms with Crippen molar-refractivity contribution in [2.24, 2.45) is 0 Å². The van der Waals surface area contributed by atoms with Gasteiger partial charge in [-0.3, -0.25) is 4.98 Å². The van der Waals surface area contributed by atoms with Gasteiger partial charge in [-0.15, -0.1) is 0 Å². The van der Waals surface area contributed by atoms with E-state index in [1.54, 1.807) is 12.3 Å². The molecule has 0 fully saturated rings. The molecule has 0 unspecified atom stereocenters. The first-order valence-electron chi connectivity index (χ1n) is 4.47. The molecule has 0 saturated carbocycles. The molecule has 0 atom stereocenters. The maximum absolute atomic E-state index is 11.4. The Morgan fingerprint density at radius 1 is 1.47 bits per heavy atom. The van der Waals surface area contributed by atoms with Crippen molar-refractivity contribution in [2.45, 2.75) is 26.3 Å². The predicted octanol–water partition coefficient (Wildman–Crippen LogP) is 2.57. The highest BCUT2D eigenvalue weighted by Crippen LogP contribution is 2.13. The van der Waals surface area contributed by atoms with Crippen LogP contribution in [0.2, 0.25) is 0 Å². The van der Waals surface area contributed by atoms with Crippen LogP contribution in [-0.2, 0) is 0 Å². The van der Waals surface area contributed by atoms with Crippen LogP contribution in [0.15, 0.2) is 18.5 Å². The molecule has 0 spiro atoms. The van der Waals surface area contributed by atoms with Gasteiger partial charge < -0.3 is 10.1 Å². The van der Waals surface area contributed by atoms with Crippen LogP contribution >= 0.6 is 22.6 Å². The van der Waals surface area contributed by atoms with E-state index in [4.69, 9.17) is 4.74 Å². The summed E-state index contributed by atoms with van der Waals surface area (Å²) < 4.78 is 5.98. The number of nitrogens with zero attached hydrogens (tertiary/aromatic N) is 1. The van der Waals surface area contributed by atoms with E-state index < -0.39 is 6.09 Å². The van der Waals surface area contributed by atoms with Crippen molar-refractivity contribution in [3.63, 3.8) is 0 Å². The number of hydrogen-bond donors (Lipinski definition) is 1. The van der Waals surface area contributed by atoms with E-state index in [0.717, 1.165) is 3.57 Å². The highest BCUT2D eigenvalue weighted by atomic mass is 127. The van der Waals surface area contributed by atoms with Crippen molar-refractivity contribution in [3.8, 4) is 5.75 Å². The third-order valence-corrected chi connectivity index (χ3v) is 1.96. The van der Waals surface area contributed by atoms with Crippen LogP contribution in [0.1, 0.15) is 20.8 Å². The van der Waals surface area contributed by atoms with Gasteiger partial charge in [-0.05, 0) is 49.4 Å². The Labute approximate surface area is 103 Å². The Morgan fingerprint density at radius 2 is 2.13 bits per heavy atom. The Bertz CT molecular complexity index is 361. The van der Waals surface area contributed by atoms with Gasteiger partial charge in [0.15, 0.2) is 5.75 Å². The highest BCUT2D eigenvalue weighted by Gasteiger charge is 2.15. The van der Waals surface area contributed by atoms with Gasteiger partial charge in [0.25, 0.3) is 0 Å². The largest absolute Gasteiger partial charge is 0.413 e. The summed E-state index contributed by atoms with van der Waals surface area (Å²) in [6, 6.07) is 1.75. The molecule has 1 N–H and O–H groups in total. The zero-order valence-corrected chi connectivity index (χ0v) is 11.0. The minimum Gasteiger partial charge on any atom is -0.409 e. The SMILES string of the molecule is CC(C)(C)NC(=O)Oc1cncc(I)c1. The maximum Gasteiger partial charge on any atom is 0.413 e. The average molecular weight is 320 g/mol. The van der Waals surface area contributed by atoms with Crippen LogP contribution in [-0.4, -0.2) is 16.6 Å². The number of nitrogens with one attached hydrogen (secondary N) is 1. The number of amides is 1. The second-order valence-corrected chi connectivity index (χ2v) is 5.35. The number of pyridine rings is 1. The Balaban J connectivity index is 2.59. The first-order valence-corrected chi connectivity index (χ1v) is 5.55. The minimum atomic E-state index is -0.466. The molecule has 0 radical (unpaired) electrons. The molecule has 0 aliphatic rings. The molecule has 1 aromatic rings. The van der Waals surface area contributed by atoms with Crippen molar-refractivity contribution in [1.82, 2.24) is 10.3 Å². The molecule has 1 heterocycles. The number of carbonyl (C=O) groups excluding carboxylic acids is 1. The number of ether oxygens (including phenoxy) is 1. The number of halogens is 1. The van der Waals surface area contributed by atoms with E-state index in [9.17, 15) is 4.79 Å². The third kappa shape index (κ3) is 4.96. The minimum absolute atomic E-state index is 0.299. The second-order valence-electron chi connectivity index (χ2n) is 4.10. The maximum atomic E-state index is 11.4. The molecular formula is C10H13IN2O2. The molecule has 1 rings (SSSR count). The van der Waals surface area contributed by atoms with E-state index >= 15 is 0 Å². The van der Waals surface area contributed by atoms with E-state index in [1.807, 2.05) is 20.8 Å². The molecule has 1 amide bonds. The third-order valence-electron chi connectivity index (χ3n) is 1.37. The monoisotopic (exact) mass is 320 g/mol. The van der Waals surface area contributed by atoms with Crippen molar-refractivity contribution in [3.05, 3.63) is 22.0 Å². The zero-order valence-electron chi connectivity index (χ0n) is 8.87. The number of hydrogen-bond acceptors (Lipinski definition) is 3. The van der Waals surface area contributed by atoms with Crippen molar-refractivity contribution >= 4 is 28.7 Å². The molecular weight excluding hydrogens is 307 g/mol. The molecule has 0 saturated heterocycles. The van der Waals surface area contributed by atoms with Crippen LogP contribution in [0.5, 0.6) is 5.75 Å². The number of carbonyl (C=O) groups is 1. The van der Waals surface area contributed by atoms with Gasteiger partial charge in [-0.2, -0.15) is 0 Å². The van der Waals surface area contributed by atoms with E-state index in [0.29, 0.717) is 5.75 Å². The highest BCUT2D eigenvalue weighted by molar-refractivity contribution is 14.1. The van der Waals surface area contributed by atoms with E-state index in [-0.39, 0.29) is 5.54 Å². The van der Waals surface area contributed by atoms with Gasteiger partial charge >= 0.3 is 6.09 Å². The van der Waals surface area contributed by atoms with Gasteiger partial charge in [0.1, 0.15) is 0 Å². The summed E-state index contributed by atoms with van der Waals surface area (Å²) in [7, 11) is 0. The number of rotatable bonds is 1. The quantitative estimate of drug-likeness (QED) is 0.809. The summed E-state index contributed by atoms with van der Waals surface area (Å²) in [4.78, 5) is 15.3. The Hall–Kier alpha value is -0.850. The molecule has 82 valence electrons. The summed E-state index contributed by atoms with van der Waals surface area (Å²) in [5.41, 5.74) is -0.299. The van der Waals surface area contributed by atoms with Crippen LogP contribution in [0.3, 0.4) is 0 Å². The lowest BCUT2D eigenvalue weighted by atomic mass is 10.1. The molecule has 1 aromatic heterocycles. The molecule has 0 bridgehead atoms. The Kier molecular flexibility index (Phi) is 3.90. The van der Waals surface area contributed by atoms with Crippen LogP contribution < -0.4 is 10.1 Å². The van der Waals surface area contributed by atoms with Crippen molar-refractivity contribution < 1.29 is 9.53 Å². The summed E-state index contributed by atoms with van der Waals surface area (Å²) in [6.07, 6.45) is 2.73. The fraction of sp³-hybridized carbons (Fsp3) is 0.400. The lowest BCUT2D eigenvalue weighted by molar-refractivity contribution is 0.190. The molecule has 0 aromatic carbocycles. The van der Waals surface area contributed by atoms with Crippen molar-refractivity contribution in [2.75, 3.05) is 0 Å². The summed E-state index contributed by atoms with van der Waals surface area (Å²) >= 11 is 2.11. The second kappa shape index (κ2) is 4.78. The average Bonchev–Trinajstić information content (AvgIpc) is 1.99.